The Morgan fingerprint density at radius 2 is 0.429 bits per heavy atom. The van der Waals surface area contributed by atoms with Crippen LogP contribution in [0.1, 0.15) is 0 Å². The molecule has 0 aromatic carbocycles. The first-order valence-electron chi connectivity index (χ1n) is 0. The molecule has 48 valence electrons. The third-order valence-corrected chi connectivity index (χ3v) is 0. The van der Waals surface area contributed by atoms with Gasteiger partial charge in [0.25, 0.3) is 0 Å². The normalized spacial score (nSPS) is 0. The first-order chi connectivity index (χ1) is 0. The van der Waals surface area contributed by atoms with Crippen LogP contribution in [0, 0.1) is 0 Å². The zero-order valence-electron chi connectivity index (χ0n) is 3.95. The zero-order valence-corrected chi connectivity index (χ0v) is 6.84. The summed E-state index contributed by atoms with van der Waals surface area (Å²) in [4.78, 5) is 0. The van der Waals surface area contributed by atoms with Gasteiger partial charge in [0.15, 0.2) is 0 Å². The van der Waals surface area contributed by atoms with Gasteiger partial charge in [0.05, 0.1) is 0 Å². The van der Waals surface area contributed by atoms with Crippen LogP contribution in [0.2, 0.25) is 0 Å². The summed E-state index contributed by atoms with van der Waals surface area (Å²) in [6.45, 7) is 0. The van der Waals surface area contributed by atoms with Gasteiger partial charge in [-0.05, 0) is 0 Å². The predicted octanol–water partition coefficient (Wildman–Crippen LogP) is -7.39. The molecule has 5 nitrogen and oxygen atoms in total. The smallest absolute Gasteiger partial charge is 0.813 e. The Morgan fingerprint density at radius 3 is 0.429 bits per heavy atom. The van der Waals surface area contributed by atoms with Crippen LogP contribution in [0.25, 0.3) is 0 Å². The number of hydrogen-bond donors (Lipinski definition) is 0. The van der Waals surface area contributed by atoms with E-state index in [2.05, 4.69) is 0 Å². The van der Waals surface area contributed by atoms with E-state index in [1.54, 1.807) is 0 Å². The van der Waals surface area contributed by atoms with E-state index in [4.69, 9.17) is 0 Å². The quantitative estimate of drug-likeness (QED) is 0.185. The van der Waals surface area contributed by atoms with Gasteiger partial charge in [-0.15, -0.1) is 0 Å². The Balaban J connectivity index is 0. The Bertz CT molecular complexity index is 8.04. The molecule has 0 heterocycles. The monoisotopic (exact) mass is 146 g/mol. The van der Waals surface area contributed by atoms with Gasteiger partial charge in [0, 0.05) is 0 Å². The molecule has 0 bridgehead atoms. The number of thiol groups is 1. The van der Waals surface area contributed by atoms with E-state index >= 15 is 0 Å². The summed E-state index contributed by atoms with van der Waals surface area (Å²) >= 11 is 0. The zero-order chi connectivity index (χ0) is 0. The fourth-order valence-corrected chi connectivity index (χ4v) is 0. The largest absolute Gasteiger partial charge is 1.00 e. The average molecular weight is 146 g/mol. The fraction of sp³-hybridized carbons (Fsp3) is 0. The van der Waals surface area contributed by atoms with Crippen molar-refractivity contribution in [2.24, 2.45) is 0 Å². The van der Waals surface area contributed by atoms with Crippen molar-refractivity contribution in [3.63, 3.8) is 0 Å². The van der Waals surface area contributed by atoms with E-state index < -0.39 is 0 Å². The second kappa shape index (κ2) is 204. The molecule has 0 amide bonds. The molecule has 0 aromatic rings. The molecule has 10 N–H and O–H groups in total. The van der Waals surface area contributed by atoms with E-state index in [0.29, 0.717) is 0 Å². The third-order valence-electron chi connectivity index (χ3n) is 0. The molecule has 0 aliphatic carbocycles. The molecule has 0 radical (unpaired) electrons. The standard InChI is InChI=1S/Na.5H2O.H2S/h;6*1H2/q+1;;;;;;/p-1. The van der Waals surface area contributed by atoms with Crippen LogP contribution in [0.3, 0.4) is 0 Å². The van der Waals surface area contributed by atoms with Gasteiger partial charge in [0.2, 0.25) is 0 Å². The van der Waals surface area contributed by atoms with Gasteiger partial charge < -0.3 is 40.9 Å². The summed E-state index contributed by atoms with van der Waals surface area (Å²) in [6.07, 6.45) is 0. The minimum atomic E-state index is 0. The van der Waals surface area contributed by atoms with Crippen LogP contribution in [0.4, 0.5) is 0 Å². The topological polar surface area (TPSA) is 158 Å². The number of rotatable bonds is 0. The molecule has 0 aromatic heterocycles. The molecule has 0 fully saturated rings. The second-order valence-electron chi connectivity index (χ2n) is 0. The molecule has 0 spiro atoms. The van der Waals surface area contributed by atoms with Gasteiger partial charge in [-0.2, -0.15) is 0 Å². The van der Waals surface area contributed by atoms with Crippen molar-refractivity contribution in [1.29, 1.82) is 0 Å². The Labute approximate surface area is 70.4 Å². The van der Waals surface area contributed by atoms with Crippen LogP contribution < -0.4 is 29.6 Å². The van der Waals surface area contributed by atoms with Gasteiger partial charge in [-0.25, -0.2) is 0 Å². The van der Waals surface area contributed by atoms with Crippen LogP contribution in [0.5, 0.6) is 0 Å². The minimum absolute atomic E-state index is 0. The summed E-state index contributed by atoms with van der Waals surface area (Å²) in [7, 11) is 0. The van der Waals surface area contributed by atoms with Gasteiger partial charge in [0.1, 0.15) is 0 Å². The molecule has 0 rings (SSSR count). The van der Waals surface area contributed by atoms with E-state index in [9.17, 15) is 0 Å². The molecule has 0 aliphatic rings. The molecule has 7 heavy (non-hydrogen) atoms. The summed E-state index contributed by atoms with van der Waals surface area (Å²) in [5.41, 5.74) is 0. The Kier molecular flexibility index (Phi) is 9200. The molecule has 0 saturated carbocycles. The van der Waals surface area contributed by atoms with Crippen molar-refractivity contribution in [2.75, 3.05) is 0 Å². The van der Waals surface area contributed by atoms with Crippen molar-refractivity contribution in [3.8, 4) is 0 Å². The maximum atomic E-state index is 0. The maximum Gasteiger partial charge on any atom is 1.00 e. The van der Waals surface area contributed by atoms with Crippen molar-refractivity contribution < 1.29 is 56.9 Å². The first kappa shape index (κ1) is 315. The molecular weight excluding hydrogens is 135 g/mol. The van der Waals surface area contributed by atoms with E-state index in [1.807, 2.05) is 0 Å². The van der Waals surface area contributed by atoms with Crippen molar-refractivity contribution in [1.82, 2.24) is 0 Å². The first-order valence-corrected chi connectivity index (χ1v) is 0. The van der Waals surface area contributed by atoms with E-state index in [0.717, 1.165) is 0 Å². The van der Waals surface area contributed by atoms with E-state index in [-0.39, 0.29) is 70.4 Å². The second-order valence-corrected chi connectivity index (χ2v) is 0. The van der Waals surface area contributed by atoms with Crippen molar-refractivity contribution in [3.05, 3.63) is 0 Å². The minimum Gasteiger partial charge on any atom is -0.813 e. The number of hydrogen-bond acceptors (Lipinski definition) is 1. The Hall–Kier alpha value is 1.15. The summed E-state index contributed by atoms with van der Waals surface area (Å²) in [5, 5.41) is 0. The molecular formula is H11NaO5S. The van der Waals surface area contributed by atoms with Gasteiger partial charge in [-0.3, -0.25) is 0 Å². The van der Waals surface area contributed by atoms with Crippen LogP contribution in [0.15, 0.2) is 0 Å². The third kappa shape index (κ3) is 143. The summed E-state index contributed by atoms with van der Waals surface area (Å²) < 4.78 is 0. The fourth-order valence-electron chi connectivity index (χ4n) is 0. The van der Waals surface area contributed by atoms with Crippen LogP contribution in [-0.2, 0) is 13.5 Å². The maximum absolute atomic E-state index is 0. The Morgan fingerprint density at radius 1 is 0.429 bits per heavy atom. The van der Waals surface area contributed by atoms with Crippen molar-refractivity contribution in [2.45, 2.75) is 0 Å². The summed E-state index contributed by atoms with van der Waals surface area (Å²) in [6, 6.07) is 0. The molecule has 0 aliphatic heterocycles. The predicted molar refractivity (Wildman–Crippen MR) is 26.8 cm³/mol. The van der Waals surface area contributed by atoms with Gasteiger partial charge in [-0.1, -0.05) is 0 Å². The van der Waals surface area contributed by atoms with Gasteiger partial charge >= 0.3 is 29.6 Å². The molecule has 0 unspecified atom stereocenters. The summed E-state index contributed by atoms with van der Waals surface area (Å²) in [5.74, 6) is 0. The SMILES string of the molecule is O.O.O.O.O.[Na+].[SH-]. The molecule has 7 heteroatoms. The van der Waals surface area contributed by atoms with Crippen molar-refractivity contribution >= 4 is 13.5 Å². The van der Waals surface area contributed by atoms with E-state index in [1.165, 1.54) is 0 Å². The average Bonchev–Trinajstić information content (AvgIpc) is 0. The molecule has 0 atom stereocenters. The molecule has 0 saturated heterocycles. The van der Waals surface area contributed by atoms with Crippen LogP contribution in [-0.4, -0.2) is 27.4 Å². The van der Waals surface area contributed by atoms with Crippen LogP contribution >= 0.6 is 0 Å².